The van der Waals surface area contributed by atoms with Crippen LogP contribution < -0.4 is 10.7 Å². The molecule has 2 heterocycles. The summed E-state index contributed by atoms with van der Waals surface area (Å²) in [5, 5.41) is 2.21. The molecule has 0 saturated heterocycles. The second kappa shape index (κ2) is 8.33. The van der Waals surface area contributed by atoms with Gasteiger partial charge in [-0.3, -0.25) is 19.1 Å². The average Bonchev–Trinajstić information content (AvgIpc) is 2.78. The molecule has 8 nitrogen and oxygen atoms in total. The topological polar surface area (TPSA) is 118 Å². The number of pyridine rings is 2. The van der Waals surface area contributed by atoms with Crippen molar-refractivity contribution in [1.82, 2.24) is 14.9 Å². The number of halogens is 1. The van der Waals surface area contributed by atoms with E-state index in [9.17, 15) is 22.4 Å². The Morgan fingerprint density at radius 1 is 1.03 bits per heavy atom. The summed E-state index contributed by atoms with van der Waals surface area (Å²) >= 11 is 0. The van der Waals surface area contributed by atoms with Crippen LogP contribution in [0.15, 0.2) is 78.0 Å². The predicted molar refractivity (Wildman–Crippen MR) is 117 cm³/mol. The number of hydrogen-bond donors (Lipinski definition) is 2. The van der Waals surface area contributed by atoms with E-state index in [1.165, 1.54) is 30.5 Å². The van der Waals surface area contributed by atoms with Gasteiger partial charge in [0, 0.05) is 29.7 Å². The molecule has 4 rings (SSSR count). The van der Waals surface area contributed by atoms with E-state index in [1.54, 1.807) is 47.3 Å². The van der Waals surface area contributed by atoms with Gasteiger partial charge in [-0.1, -0.05) is 6.07 Å². The van der Waals surface area contributed by atoms with Crippen molar-refractivity contribution >= 4 is 26.9 Å². The second-order valence-electron chi connectivity index (χ2n) is 6.92. The molecule has 0 bridgehead atoms. The average molecular weight is 453 g/mol. The summed E-state index contributed by atoms with van der Waals surface area (Å²) in [4.78, 5) is 29.5. The maximum absolute atomic E-state index is 13.5. The van der Waals surface area contributed by atoms with Crippen LogP contribution in [-0.2, 0) is 10.1 Å². The van der Waals surface area contributed by atoms with Crippen LogP contribution in [0.1, 0.15) is 10.4 Å². The predicted octanol–water partition coefficient (Wildman–Crippen LogP) is 2.77. The van der Waals surface area contributed by atoms with Crippen molar-refractivity contribution in [3.05, 3.63) is 94.8 Å². The number of aromatic nitrogens is 2. The Balaban J connectivity index is 1.94. The van der Waals surface area contributed by atoms with E-state index < -0.39 is 33.1 Å². The van der Waals surface area contributed by atoms with Crippen LogP contribution in [0.3, 0.4) is 0 Å². The first-order chi connectivity index (χ1) is 15.2. The van der Waals surface area contributed by atoms with Crippen LogP contribution in [0.4, 0.5) is 4.39 Å². The Morgan fingerprint density at radius 3 is 2.38 bits per heavy atom. The maximum Gasteiger partial charge on any atom is 0.283 e. The van der Waals surface area contributed by atoms with Gasteiger partial charge in [-0.25, -0.2) is 4.39 Å². The number of amides is 1. The highest BCUT2D eigenvalue weighted by molar-refractivity contribution is 7.85. The largest absolute Gasteiger partial charge is 0.336 e. The van der Waals surface area contributed by atoms with Gasteiger partial charge >= 0.3 is 0 Å². The molecular weight excluding hydrogens is 437 g/mol. The third-order valence-electron chi connectivity index (χ3n) is 4.78. The Morgan fingerprint density at radius 2 is 1.72 bits per heavy atom. The number of nitrogens with one attached hydrogen (secondary N) is 1. The molecule has 1 amide bonds. The summed E-state index contributed by atoms with van der Waals surface area (Å²) < 4.78 is 45.9. The van der Waals surface area contributed by atoms with Crippen molar-refractivity contribution in [3.63, 3.8) is 0 Å². The van der Waals surface area contributed by atoms with E-state index in [2.05, 4.69) is 4.98 Å². The first-order valence-electron chi connectivity index (χ1n) is 9.32. The summed E-state index contributed by atoms with van der Waals surface area (Å²) in [7, 11) is -4.47. The van der Waals surface area contributed by atoms with Crippen molar-refractivity contribution < 1.29 is 22.2 Å². The number of nitrogens with zero attached hydrogens (tertiary/aromatic N) is 2. The van der Waals surface area contributed by atoms with Gasteiger partial charge in [0.25, 0.3) is 16.0 Å². The minimum Gasteiger partial charge on any atom is -0.336 e. The fourth-order valence-electron chi connectivity index (χ4n) is 3.28. The summed E-state index contributed by atoms with van der Waals surface area (Å²) in [5.74, 6) is -2.47. The number of fused-ring (bicyclic) bond motifs is 1. The molecule has 2 N–H and O–H groups in total. The summed E-state index contributed by atoms with van der Waals surface area (Å²) in [6.45, 7) is 0. The van der Waals surface area contributed by atoms with Crippen LogP contribution in [0.2, 0.25) is 0 Å². The minimum atomic E-state index is -4.47. The summed E-state index contributed by atoms with van der Waals surface area (Å²) in [6, 6.07) is 14.1. The molecule has 4 aromatic rings. The van der Waals surface area contributed by atoms with E-state index in [1.807, 2.05) is 5.32 Å². The van der Waals surface area contributed by atoms with Crippen molar-refractivity contribution in [2.45, 2.75) is 0 Å². The zero-order valence-electron chi connectivity index (χ0n) is 16.4. The molecule has 0 unspecified atom stereocenters. The van der Waals surface area contributed by atoms with Crippen LogP contribution in [0.5, 0.6) is 0 Å². The fraction of sp³-hybridized carbons (Fsp3) is 0.0455. The van der Waals surface area contributed by atoms with Gasteiger partial charge in [0.1, 0.15) is 17.3 Å². The van der Waals surface area contributed by atoms with Gasteiger partial charge in [0.05, 0.1) is 5.52 Å². The van der Waals surface area contributed by atoms with E-state index in [0.29, 0.717) is 11.2 Å². The highest BCUT2D eigenvalue weighted by Crippen LogP contribution is 2.25. The van der Waals surface area contributed by atoms with Crippen LogP contribution in [0, 0.1) is 5.82 Å². The zero-order chi connectivity index (χ0) is 22.9. The molecular formula is C22H16FN3O5S. The fourth-order valence-corrected chi connectivity index (χ4v) is 3.59. The molecule has 0 aliphatic carbocycles. The van der Waals surface area contributed by atoms with Crippen molar-refractivity contribution in [3.8, 4) is 16.8 Å². The monoisotopic (exact) mass is 453 g/mol. The smallest absolute Gasteiger partial charge is 0.283 e. The van der Waals surface area contributed by atoms with E-state index in [-0.39, 0.29) is 10.9 Å². The number of benzene rings is 2. The van der Waals surface area contributed by atoms with Gasteiger partial charge in [-0.05, 0) is 59.7 Å². The lowest BCUT2D eigenvalue weighted by atomic mass is 10.0. The Hall–Kier alpha value is -3.89. The molecule has 0 saturated carbocycles. The normalized spacial score (nSPS) is 11.4. The van der Waals surface area contributed by atoms with E-state index in [0.717, 1.165) is 11.1 Å². The molecule has 32 heavy (non-hydrogen) atoms. The highest BCUT2D eigenvalue weighted by Gasteiger charge is 2.18. The summed E-state index contributed by atoms with van der Waals surface area (Å²) in [5.41, 5.74) is 1.64. The standard InChI is InChI=1S/C22H16FN3O5S/c23-16-2-4-17(5-3-16)26-12-19(22(28)25-13-32(29,30)31)21(27)18-6-1-15(11-20(18)26)14-7-9-24-10-8-14/h1-12H,13H2,(H,25,28)(H,29,30,31). The SMILES string of the molecule is O=C(NCS(=O)(=O)O)c1cn(-c2ccc(F)cc2)c2cc(-c3ccncc3)ccc2c1=O. The number of carbonyl (C=O) groups is 1. The number of carbonyl (C=O) groups excluding carboxylic acids is 1. The number of rotatable bonds is 5. The van der Waals surface area contributed by atoms with Crippen molar-refractivity contribution in [2.24, 2.45) is 0 Å². The van der Waals surface area contributed by atoms with Crippen LogP contribution >= 0.6 is 0 Å². The molecule has 0 fully saturated rings. The molecule has 0 atom stereocenters. The highest BCUT2D eigenvalue weighted by atomic mass is 32.2. The van der Waals surface area contributed by atoms with Crippen LogP contribution in [-0.4, -0.2) is 34.3 Å². The Labute approximate surface area is 181 Å². The molecule has 0 aliphatic heterocycles. The first-order valence-corrected chi connectivity index (χ1v) is 10.9. The summed E-state index contributed by atoms with van der Waals surface area (Å²) in [6.07, 6.45) is 4.53. The molecule has 2 aromatic carbocycles. The molecule has 0 spiro atoms. The first kappa shape index (κ1) is 21.3. The third kappa shape index (κ3) is 4.41. The lowest BCUT2D eigenvalue weighted by Crippen LogP contribution is -2.33. The molecule has 2 aromatic heterocycles. The molecule has 0 aliphatic rings. The minimum absolute atomic E-state index is 0.201. The quantitative estimate of drug-likeness (QED) is 0.449. The molecule has 10 heteroatoms. The van der Waals surface area contributed by atoms with Gasteiger partial charge in [-0.15, -0.1) is 0 Å². The lowest BCUT2D eigenvalue weighted by molar-refractivity contribution is 0.0957. The third-order valence-corrected chi connectivity index (χ3v) is 5.29. The van der Waals surface area contributed by atoms with Gasteiger partial charge in [0.2, 0.25) is 5.43 Å². The number of hydrogen-bond acceptors (Lipinski definition) is 5. The molecule has 162 valence electrons. The van der Waals surface area contributed by atoms with E-state index >= 15 is 0 Å². The van der Waals surface area contributed by atoms with E-state index in [4.69, 9.17) is 4.55 Å². The van der Waals surface area contributed by atoms with Crippen molar-refractivity contribution in [2.75, 3.05) is 5.88 Å². The van der Waals surface area contributed by atoms with Crippen molar-refractivity contribution in [1.29, 1.82) is 0 Å². The van der Waals surface area contributed by atoms with Gasteiger partial charge in [-0.2, -0.15) is 8.42 Å². The van der Waals surface area contributed by atoms with Crippen LogP contribution in [0.25, 0.3) is 27.7 Å². The Bertz CT molecular complexity index is 1480. The lowest BCUT2D eigenvalue weighted by Gasteiger charge is -2.15. The maximum atomic E-state index is 13.5. The molecule has 0 radical (unpaired) electrons. The van der Waals surface area contributed by atoms with Gasteiger partial charge in [0.15, 0.2) is 0 Å². The second-order valence-corrected chi connectivity index (χ2v) is 8.37. The Kier molecular flexibility index (Phi) is 5.56. The van der Waals surface area contributed by atoms with Gasteiger partial charge < -0.3 is 9.88 Å². The zero-order valence-corrected chi connectivity index (χ0v) is 17.2.